The third-order valence-electron chi connectivity index (χ3n) is 8.79. The van der Waals surface area contributed by atoms with Crippen LogP contribution in [0.5, 0.6) is 0 Å². The topological polar surface area (TPSA) is 98.2 Å². The minimum absolute atomic E-state index is 0.0487. The van der Waals surface area contributed by atoms with Crippen LogP contribution in [0.1, 0.15) is 45.5 Å². The van der Waals surface area contributed by atoms with Crippen molar-refractivity contribution in [3.05, 3.63) is 161 Å². The number of aromatic nitrogens is 2. The van der Waals surface area contributed by atoms with Gasteiger partial charge in [0.1, 0.15) is 17.1 Å². The summed E-state index contributed by atoms with van der Waals surface area (Å²) in [6.45, 7) is 0. The molecule has 0 spiro atoms. The number of carbonyl (C=O) groups excluding carboxylic acids is 1. The smallest absolute Gasteiger partial charge is 0.336 e. The molecule has 5 aromatic carbocycles. The average Bonchev–Trinajstić information content (AvgIpc) is 3.78. The molecule has 44 heavy (non-hydrogen) atoms. The van der Waals surface area contributed by atoms with Crippen LogP contribution in [0, 0.1) is 5.82 Å². The Morgan fingerprint density at radius 2 is 1.32 bits per heavy atom. The summed E-state index contributed by atoms with van der Waals surface area (Å²) in [4.78, 5) is 25.9. The van der Waals surface area contributed by atoms with Crippen molar-refractivity contribution in [1.29, 1.82) is 0 Å². The van der Waals surface area contributed by atoms with E-state index >= 15 is 0 Å². The van der Waals surface area contributed by atoms with Crippen molar-refractivity contribution in [2.75, 3.05) is 0 Å². The van der Waals surface area contributed by atoms with Gasteiger partial charge in [0, 0.05) is 10.9 Å². The Bertz CT molecular complexity index is 1940. The van der Waals surface area contributed by atoms with Gasteiger partial charge in [0.05, 0.1) is 16.5 Å². The second-order valence-corrected chi connectivity index (χ2v) is 11.2. The van der Waals surface area contributed by atoms with E-state index in [4.69, 9.17) is 10.8 Å². The number of nitrogens with zero attached hydrogens (tertiary/aromatic N) is 2. The number of carbonyl (C=O) groups is 2. The second kappa shape index (κ2) is 10.3. The van der Waals surface area contributed by atoms with E-state index in [1.807, 2.05) is 102 Å². The third kappa shape index (κ3) is 4.04. The molecule has 6 nitrogen and oxygen atoms in total. The average molecular weight is 582 g/mol. The Hall–Kier alpha value is -5.56. The fraction of sp³-hybridized carbons (Fsp3) is 0.108. The summed E-state index contributed by atoms with van der Waals surface area (Å²) in [7, 11) is 0. The number of hydrogen-bond acceptors (Lipinski definition) is 3. The van der Waals surface area contributed by atoms with E-state index < -0.39 is 28.6 Å². The Kier molecular flexibility index (Phi) is 6.39. The van der Waals surface area contributed by atoms with Crippen LogP contribution in [-0.2, 0) is 15.7 Å². The number of carboxylic acid groups (broad SMARTS) is 1. The lowest BCUT2D eigenvalue weighted by Crippen LogP contribution is -2.38. The molecule has 216 valence electrons. The lowest BCUT2D eigenvalue weighted by atomic mass is 9.77. The summed E-state index contributed by atoms with van der Waals surface area (Å²) in [5.41, 5.74) is 7.93. The first-order valence-electron chi connectivity index (χ1n) is 14.4. The standard InChI is InChI=1S/C37H28FN3O3/c38-28-18-10-11-24(23-28)33-32-30(20-19-29(31(32)34(42)43)36(21-22-36)35(39)44)41(40-33)37(25-12-4-1-5-13-25,26-14-6-2-7-15-26)27-16-8-3-9-17-27/h1-20,23H,21-22H2,(H2,39,44)(H,42,43). The minimum Gasteiger partial charge on any atom is -0.478 e. The van der Waals surface area contributed by atoms with E-state index in [0.717, 1.165) is 16.7 Å². The SMILES string of the molecule is NC(=O)C1(c2ccc3c(c(-c4cccc(F)c4)nn3C(c3ccccc3)(c3ccccc3)c3ccccc3)c2C(=O)O)CC1. The molecule has 0 bridgehead atoms. The van der Waals surface area contributed by atoms with Crippen molar-refractivity contribution in [2.45, 2.75) is 23.8 Å². The van der Waals surface area contributed by atoms with Gasteiger partial charge < -0.3 is 10.8 Å². The second-order valence-electron chi connectivity index (χ2n) is 11.2. The van der Waals surface area contributed by atoms with Crippen LogP contribution in [0.15, 0.2) is 127 Å². The molecule has 1 aromatic heterocycles. The molecule has 1 aliphatic carbocycles. The molecule has 3 N–H and O–H groups in total. The van der Waals surface area contributed by atoms with Crippen LogP contribution in [0.2, 0.25) is 0 Å². The van der Waals surface area contributed by atoms with Gasteiger partial charge in [-0.1, -0.05) is 109 Å². The Morgan fingerprint density at radius 1 is 0.773 bits per heavy atom. The highest BCUT2D eigenvalue weighted by Crippen LogP contribution is 2.52. The number of primary amides is 1. The van der Waals surface area contributed by atoms with E-state index in [2.05, 4.69) is 0 Å². The van der Waals surface area contributed by atoms with E-state index in [9.17, 15) is 19.1 Å². The van der Waals surface area contributed by atoms with Gasteiger partial charge in [0.15, 0.2) is 0 Å². The summed E-state index contributed by atoms with van der Waals surface area (Å²) in [6.07, 6.45) is 0.916. The molecule has 1 saturated carbocycles. The maximum absolute atomic E-state index is 14.7. The molecule has 1 aliphatic rings. The molecule has 7 rings (SSSR count). The van der Waals surface area contributed by atoms with E-state index in [1.165, 1.54) is 12.1 Å². The largest absolute Gasteiger partial charge is 0.478 e. The molecule has 0 saturated heterocycles. The van der Waals surface area contributed by atoms with E-state index in [-0.39, 0.29) is 5.56 Å². The van der Waals surface area contributed by atoms with Crippen molar-refractivity contribution >= 4 is 22.8 Å². The zero-order valence-corrected chi connectivity index (χ0v) is 23.7. The summed E-state index contributed by atoms with van der Waals surface area (Å²) in [5, 5.41) is 16.3. The van der Waals surface area contributed by atoms with Crippen LogP contribution < -0.4 is 5.73 Å². The van der Waals surface area contributed by atoms with E-state index in [0.29, 0.717) is 40.6 Å². The van der Waals surface area contributed by atoms with Gasteiger partial charge in [0.2, 0.25) is 5.91 Å². The highest BCUT2D eigenvalue weighted by Gasteiger charge is 2.52. The maximum atomic E-state index is 14.7. The monoisotopic (exact) mass is 581 g/mol. The Balaban J connectivity index is 1.70. The molecule has 6 aromatic rings. The highest BCUT2D eigenvalue weighted by molar-refractivity contribution is 6.11. The first kappa shape index (κ1) is 27.3. The zero-order valence-electron chi connectivity index (χ0n) is 23.7. The fourth-order valence-electron chi connectivity index (χ4n) is 6.60. The lowest BCUT2D eigenvalue weighted by Gasteiger charge is -2.37. The van der Waals surface area contributed by atoms with Crippen molar-refractivity contribution in [3.8, 4) is 11.3 Å². The van der Waals surface area contributed by atoms with Gasteiger partial charge in [-0.05, 0) is 53.3 Å². The van der Waals surface area contributed by atoms with Gasteiger partial charge in [-0.15, -0.1) is 0 Å². The molecule has 0 radical (unpaired) electrons. The molecule has 1 heterocycles. The van der Waals surface area contributed by atoms with Crippen molar-refractivity contribution < 1.29 is 19.1 Å². The van der Waals surface area contributed by atoms with Gasteiger partial charge in [0.25, 0.3) is 0 Å². The molecule has 0 aliphatic heterocycles. The van der Waals surface area contributed by atoms with Gasteiger partial charge in [-0.25, -0.2) is 13.9 Å². The molecular weight excluding hydrogens is 553 g/mol. The molecule has 0 unspecified atom stereocenters. The van der Waals surface area contributed by atoms with E-state index in [1.54, 1.807) is 18.2 Å². The Labute approximate surface area is 253 Å². The van der Waals surface area contributed by atoms with Crippen molar-refractivity contribution in [2.24, 2.45) is 5.73 Å². The molecular formula is C37H28FN3O3. The number of fused-ring (bicyclic) bond motifs is 1. The number of aromatic carboxylic acids is 1. The number of nitrogens with two attached hydrogens (primary N) is 1. The number of carboxylic acids is 1. The first-order valence-corrected chi connectivity index (χ1v) is 14.4. The normalized spacial score (nSPS) is 13.9. The van der Waals surface area contributed by atoms with Crippen LogP contribution in [0.25, 0.3) is 22.2 Å². The number of amides is 1. The van der Waals surface area contributed by atoms with Crippen molar-refractivity contribution in [1.82, 2.24) is 9.78 Å². The third-order valence-corrected chi connectivity index (χ3v) is 8.79. The van der Waals surface area contributed by atoms with Gasteiger partial charge in [-0.3, -0.25) is 4.79 Å². The van der Waals surface area contributed by atoms with Gasteiger partial charge >= 0.3 is 5.97 Å². The number of hydrogen-bond donors (Lipinski definition) is 2. The van der Waals surface area contributed by atoms with Crippen LogP contribution in [0.4, 0.5) is 4.39 Å². The fourth-order valence-corrected chi connectivity index (χ4v) is 6.60. The molecule has 1 fully saturated rings. The quantitative estimate of drug-likeness (QED) is 0.191. The van der Waals surface area contributed by atoms with Crippen LogP contribution >= 0.6 is 0 Å². The molecule has 7 heteroatoms. The first-order chi connectivity index (χ1) is 21.4. The number of halogens is 1. The molecule has 1 amide bonds. The summed E-state index contributed by atoms with van der Waals surface area (Å²) in [6, 6.07) is 39.2. The van der Waals surface area contributed by atoms with Crippen LogP contribution in [0.3, 0.4) is 0 Å². The highest BCUT2D eigenvalue weighted by atomic mass is 19.1. The summed E-state index contributed by atoms with van der Waals surface area (Å²) < 4.78 is 16.6. The zero-order chi connectivity index (χ0) is 30.5. The minimum atomic E-state index is -1.21. The predicted octanol–water partition coefficient (Wildman–Crippen LogP) is 6.90. The number of benzene rings is 5. The van der Waals surface area contributed by atoms with Crippen LogP contribution in [-0.4, -0.2) is 26.8 Å². The summed E-state index contributed by atoms with van der Waals surface area (Å²) >= 11 is 0. The lowest BCUT2D eigenvalue weighted by molar-refractivity contribution is -0.120. The number of rotatable bonds is 8. The predicted molar refractivity (Wildman–Crippen MR) is 167 cm³/mol. The molecule has 0 atom stereocenters. The van der Waals surface area contributed by atoms with Gasteiger partial charge in [-0.2, -0.15) is 5.10 Å². The Morgan fingerprint density at radius 3 is 1.77 bits per heavy atom. The maximum Gasteiger partial charge on any atom is 0.336 e. The summed E-state index contributed by atoms with van der Waals surface area (Å²) in [5.74, 6) is -2.25. The van der Waals surface area contributed by atoms with Crippen molar-refractivity contribution in [3.63, 3.8) is 0 Å².